The van der Waals surface area contributed by atoms with Crippen molar-refractivity contribution in [3.8, 4) is 0 Å². The normalized spacial score (nSPS) is 18.9. The van der Waals surface area contributed by atoms with Crippen molar-refractivity contribution < 1.29 is 0 Å². The van der Waals surface area contributed by atoms with E-state index in [0.29, 0.717) is 0 Å². The molecule has 82 valence electrons. The van der Waals surface area contributed by atoms with Crippen LogP contribution >= 0.6 is 24.8 Å². The molecule has 0 amide bonds. The summed E-state index contributed by atoms with van der Waals surface area (Å²) < 4.78 is 0. The molecule has 2 nitrogen and oxygen atoms in total. The van der Waals surface area contributed by atoms with E-state index in [1.165, 1.54) is 38.8 Å². The molecule has 1 rings (SSSR count). The van der Waals surface area contributed by atoms with Crippen LogP contribution in [0, 0.1) is 5.92 Å². The van der Waals surface area contributed by atoms with Crippen molar-refractivity contribution in [3.63, 3.8) is 0 Å². The van der Waals surface area contributed by atoms with Gasteiger partial charge < -0.3 is 10.6 Å². The molecule has 1 heterocycles. The van der Waals surface area contributed by atoms with Gasteiger partial charge in [-0.15, -0.1) is 24.8 Å². The van der Waals surface area contributed by atoms with Crippen molar-refractivity contribution in [2.45, 2.75) is 25.7 Å². The lowest BCUT2D eigenvalue weighted by Crippen LogP contribution is -2.30. The number of nitrogens with two attached hydrogens (primary N) is 1. The van der Waals surface area contributed by atoms with E-state index in [1.807, 2.05) is 0 Å². The second-order valence-electron chi connectivity index (χ2n) is 3.68. The summed E-state index contributed by atoms with van der Waals surface area (Å²) in [6.45, 7) is 3.44. The zero-order valence-electron chi connectivity index (χ0n) is 8.37. The number of halogens is 2. The standard InChI is InChI=1S/C9H20N2.2ClH/c1-11-7-4-9(5-8-11)3-2-6-10;;/h9H,2-8,10H2,1H3;2*1H. The van der Waals surface area contributed by atoms with Crippen LogP contribution in [0.15, 0.2) is 0 Å². The minimum Gasteiger partial charge on any atom is -0.330 e. The maximum absolute atomic E-state index is 5.46. The van der Waals surface area contributed by atoms with Crippen LogP contribution in [-0.2, 0) is 0 Å². The molecule has 2 N–H and O–H groups in total. The Bertz CT molecular complexity index is 101. The first-order valence-electron chi connectivity index (χ1n) is 4.71. The summed E-state index contributed by atoms with van der Waals surface area (Å²) in [5.41, 5.74) is 5.46. The van der Waals surface area contributed by atoms with E-state index in [0.717, 1.165) is 12.5 Å². The fraction of sp³-hybridized carbons (Fsp3) is 1.00. The second-order valence-corrected chi connectivity index (χ2v) is 3.68. The lowest BCUT2D eigenvalue weighted by Gasteiger charge is -2.28. The molecule has 0 bridgehead atoms. The van der Waals surface area contributed by atoms with Crippen LogP contribution in [0.5, 0.6) is 0 Å². The predicted molar refractivity (Wildman–Crippen MR) is 63.0 cm³/mol. The number of piperidine rings is 1. The van der Waals surface area contributed by atoms with Crippen molar-refractivity contribution in [3.05, 3.63) is 0 Å². The molecule has 1 aliphatic heterocycles. The molecule has 4 heteroatoms. The van der Waals surface area contributed by atoms with Crippen LogP contribution in [0.25, 0.3) is 0 Å². The van der Waals surface area contributed by atoms with Crippen LogP contribution < -0.4 is 5.73 Å². The lowest BCUT2D eigenvalue weighted by molar-refractivity contribution is 0.211. The molecule has 0 atom stereocenters. The minimum absolute atomic E-state index is 0. The Morgan fingerprint density at radius 1 is 1.23 bits per heavy atom. The SMILES string of the molecule is CN1CCC(CCCN)CC1.Cl.Cl. The van der Waals surface area contributed by atoms with Gasteiger partial charge in [-0.3, -0.25) is 0 Å². The highest BCUT2D eigenvalue weighted by Gasteiger charge is 2.15. The van der Waals surface area contributed by atoms with E-state index in [9.17, 15) is 0 Å². The molecule has 1 fully saturated rings. The number of rotatable bonds is 3. The third kappa shape index (κ3) is 6.55. The van der Waals surface area contributed by atoms with Gasteiger partial charge in [0.2, 0.25) is 0 Å². The highest BCUT2D eigenvalue weighted by molar-refractivity contribution is 5.85. The van der Waals surface area contributed by atoms with E-state index in [-0.39, 0.29) is 24.8 Å². The fourth-order valence-corrected chi connectivity index (χ4v) is 1.76. The summed E-state index contributed by atoms with van der Waals surface area (Å²) in [7, 11) is 2.21. The van der Waals surface area contributed by atoms with E-state index in [4.69, 9.17) is 5.73 Å². The number of nitrogens with zero attached hydrogens (tertiary/aromatic N) is 1. The van der Waals surface area contributed by atoms with Gasteiger partial charge >= 0.3 is 0 Å². The Morgan fingerprint density at radius 2 is 1.77 bits per heavy atom. The minimum atomic E-state index is 0. The van der Waals surface area contributed by atoms with Crippen molar-refractivity contribution in [2.24, 2.45) is 11.7 Å². The van der Waals surface area contributed by atoms with Gasteiger partial charge in [0.05, 0.1) is 0 Å². The number of hydrogen-bond acceptors (Lipinski definition) is 2. The Hall–Kier alpha value is 0.500. The predicted octanol–water partition coefficient (Wildman–Crippen LogP) is 1.91. The molecule has 0 aromatic rings. The molecular formula is C9H22Cl2N2. The quantitative estimate of drug-likeness (QED) is 0.801. The zero-order valence-corrected chi connectivity index (χ0v) is 10.0. The highest BCUT2D eigenvalue weighted by atomic mass is 35.5. The second kappa shape index (κ2) is 9.07. The zero-order chi connectivity index (χ0) is 8.10. The fourth-order valence-electron chi connectivity index (χ4n) is 1.76. The van der Waals surface area contributed by atoms with Crippen molar-refractivity contribution in [1.82, 2.24) is 4.90 Å². The van der Waals surface area contributed by atoms with Gasteiger partial charge in [-0.05, 0) is 58.3 Å². The molecule has 0 aromatic carbocycles. The monoisotopic (exact) mass is 228 g/mol. The van der Waals surface area contributed by atoms with Gasteiger partial charge in [-0.1, -0.05) is 0 Å². The molecule has 0 spiro atoms. The maximum Gasteiger partial charge on any atom is -0.00191 e. The summed E-state index contributed by atoms with van der Waals surface area (Å²) in [5.74, 6) is 0.967. The van der Waals surface area contributed by atoms with Gasteiger partial charge in [-0.25, -0.2) is 0 Å². The average molecular weight is 229 g/mol. The summed E-state index contributed by atoms with van der Waals surface area (Å²) in [6.07, 6.45) is 5.34. The van der Waals surface area contributed by atoms with Crippen molar-refractivity contribution >= 4 is 24.8 Å². The first-order chi connectivity index (χ1) is 5.33. The van der Waals surface area contributed by atoms with Gasteiger partial charge in [0.25, 0.3) is 0 Å². The largest absolute Gasteiger partial charge is 0.330 e. The Morgan fingerprint density at radius 3 is 2.23 bits per heavy atom. The van der Waals surface area contributed by atoms with Crippen LogP contribution in [0.4, 0.5) is 0 Å². The Kier molecular flexibility index (Phi) is 11.1. The smallest absolute Gasteiger partial charge is 0.00191 e. The summed E-state index contributed by atoms with van der Waals surface area (Å²) in [5, 5.41) is 0. The molecule has 0 aliphatic carbocycles. The molecule has 13 heavy (non-hydrogen) atoms. The van der Waals surface area contributed by atoms with E-state index in [2.05, 4.69) is 11.9 Å². The molecule has 0 unspecified atom stereocenters. The van der Waals surface area contributed by atoms with Gasteiger partial charge in [0, 0.05) is 0 Å². The number of likely N-dealkylation sites (tertiary alicyclic amines) is 1. The molecular weight excluding hydrogens is 207 g/mol. The Balaban J connectivity index is 0. The van der Waals surface area contributed by atoms with Crippen molar-refractivity contribution in [1.29, 1.82) is 0 Å². The number of hydrogen-bond donors (Lipinski definition) is 1. The third-order valence-electron chi connectivity index (χ3n) is 2.65. The summed E-state index contributed by atoms with van der Waals surface area (Å²) in [6, 6.07) is 0. The average Bonchev–Trinajstić information content (AvgIpc) is 2.04. The summed E-state index contributed by atoms with van der Waals surface area (Å²) in [4.78, 5) is 2.42. The molecule has 1 aliphatic rings. The lowest BCUT2D eigenvalue weighted by atomic mass is 9.92. The topological polar surface area (TPSA) is 29.3 Å². The van der Waals surface area contributed by atoms with Crippen LogP contribution in [0.3, 0.4) is 0 Å². The molecule has 0 radical (unpaired) electrons. The molecule has 1 saturated heterocycles. The highest BCUT2D eigenvalue weighted by Crippen LogP contribution is 2.20. The third-order valence-corrected chi connectivity index (χ3v) is 2.65. The van der Waals surface area contributed by atoms with Gasteiger partial charge in [0.15, 0.2) is 0 Å². The molecule has 0 aromatic heterocycles. The molecule has 0 saturated carbocycles. The summed E-state index contributed by atoms with van der Waals surface area (Å²) >= 11 is 0. The maximum atomic E-state index is 5.46. The van der Waals surface area contributed by atoms with E-state index >= 15 is 0 Å². The van der Waals surface area contributed by atoms with Crippen LogP contribution in [-0.4, -0.2) is 31.6 Å². The van der Waals surface area contributed by atoms with Crippen LogP contribution in [0.1, 0.15) is 25.7 Å². The first kappa shape index (κ1) is 15.9. The van der Waals surface area contributed by atoms with Gasteiger partial charge in [0.1, 0.15) is 0 Å². The van der Waals surface area contributed by atoms with E-state index < -0.39 is 0 Å². The van der Waals surface area contributed by atoms with E-state index in [1.54, 1.807) is 0 Å². The van der Waals surface area contributed by atoms with Crippen molar-refractivity contribution in [2.75, 3.05) is 26.7 Å². The van der Waals surface area contributed by atoms with Crippen LogP contribution in [0.2, 0.25) is 0 Å². The van der Waals surface area contributed by atoms with Gasteiger partial charge in [-0.2, -0.15) is 0 Å². The Labute approximate surface area is 94.1 Å². The first-order valence-corrected chi connectivity index (χ1v) is 4.71.